The van der Waals surface area contributed by atoms with Crippen molar-refractivity contribution in [1.82, 2.24) is 0 Å². The number of rotatable bonds is 8. The van der Waals surface area contributed by atoms with Gasteiger partial charge in [0.15, 0.2) is 0 Å². The van der Waals surface area contributed by atoms with E-state index in [1.807, 2.05) is 42.7 Å². The summed E-state index contributed by atoms with van der Waals surface area (Å²) in [4.78, 5) is 0. The van der Waals surface area contributed by atoms with Gasteiger partial charge in [-0.05, 0) is 98.0 Å². The first-order valence-corrected chi connectivity index (χ1v) is 23.5. The summed E-state index contributed by atoms with van der Waals surface area (Å²) in [6, 6.07) is 74.2. The Balaban J connectivity index is 0.000000131. The molecule has 0 unspecified atom stereocenters. The zero-order chi connectivity index (χ0) is 46.4. The Hall–Kier alpha value is -7.16. The van der Waals surface area contributed by atoms with E-state index in [-0.39, 0.29) is 0 Å². The summed E-state index contributed by atoms with van der Waals surface area (Å²) in [5.74, 6) is 3.21. The zero-order valence-corrected chi connectivity index (χ0v) is 39.9. The smallest absolute Gasteiger partial charge is 0.135 e. The Morgan fingerprint density at radius 1 is 0.303 bits per heavy atom. The van der Waals surface area contributed by atoms with Gasteiger partial charge in [-0.25, -0.2) is 0 Å². The molecule has 66 heavy (non-hydrogen) atoms. The molecule has 0 aliphatic carbocycles. The van der Waals surface area contributed by atoms with Gasteiger partial charge in [0.25, 0.3) is 0 Å². The molecule has 0 saturated heterocycles. The standard InChI is InChI=1S/2C17H16O.2C15H16/c1-12(2)13-6-5-7-14(10-13)16-11-18-17-9-4-3-8-15(16)17;1-12(2)13-7-5-8-14(10-13)17-11-15-6-3-4-9-16(15)18-17;2*1-12(2)14-9-6-10-15(11-14)13-7-4-3-5-8-13/h2*3-12H,1-2H3;2*3-12H,1-2H3. The van der Waals surface area contributed by atoms with Crippen LogP contribution in [0.1, 0.15) is 101 Å². The lowest BCUT2D eigenvalue weighted by Gasteiger charge is -2.08. The fourth-order valence-corrected chi connectivity index (χ4v) is 7.86. The van der Waals surface area contributed by atoms with Gasteiger partial charge in [-0.3, -0.25) is 0 Å². The molecule has 2 heteroatoms. The molecule has 2 aromatic heterocycles. The van der Waals surface area contributed by atoms with Crippen LogP contribution in [0.25, 0.3) is 66.6 Å². The number of fused-ring (bicyclic) bond motifs is 2. The second-order valence-electron chi connectivity index (χ2n) is 18.1. The molecule has 0 radical (unpaired) electrons. The van der Waals surface area contributed by atoms with Crippen LogP contribution in [-0.2, 0) is 0 Å². The van der Waals surface area contributed by atoms with Gasteiger partial charge in [0.2, 0.25) is 0 Å². The van der Waals surface area contributed by atoms with E-state index in [1.54, 1.807) is 0 Å². The minimum Gasteiger partial charge on any atom is -0.464 e. The van der Waals surface area contributed by atoms with Gasteiger partial charge < -0.3 is 8.83 Å². The second kappa shape index (κ2) is 22.6. The molecular weight excluding hydrogens is 801 g/mol. The fraction of sp³-hybridized carbons (Fsp3) is 0.188. The van der Waals surface area contributed by atoms with Crippen molar-refractivity contribution < 1.29 is 8.83 Å². The highest BCUT2D eigenvalue weighted by atomic mass is 16.3. The molecule has 0 spiro atoms. The lowest BCUT2D eigenvalue weighted by Crippen LogP contribution is -1.87. The van der Waals surface area contributed by atoms with Crippen LogP contribution in [0.3, 0.4) is 0 Å². The van der Waals surface area contributed by atoms with Crippen molar-refractivity contribution in [1.29, 1.82) is 0 Å². The molecule has 8 aromatic carbocycles. The molecule has 2 heterocycles. The summed E-state index contributed by atoms with van der Waals surface area (Å²) >= 11 is 0. The van der Waals surface area contributed by atoms with Crippen LogP contribution >= 0.6 is 0 Å². The summed E-state index contributed by atoms with van der Waals surface area (Å²) in [5, 5.41) is 2.33. The topological polar surface area (TPSA) is 26.3 Å². The molecule has 0 bridgehead atoms. The van der Waals surface area contributed by atoms with Crippen LogP contribution in [0.15, 0.2) is 227 Å². The lowest BCUT2D eigenvalue weighted by atomic mass is 9.97. The monoisotopic (exact) mass is 864 g/mol. The molecule has 0 atom stereocenters. The van der Waals surface area contributed by atoms with Crippen LogP contribution in [0.5, 0.6) is 0 Å². The number of para-hydroxylation sites is 2. The summed E-state index contributed by atoms with van der Waals surface area (Å²) in [5.41, 5.74) is 16.1. The first-order valence-electron chi connectivity index (χ1n) is 23.5. The number of hydrogen-bond acceptors (Lipinski definition) is 2. The maximum atomic E-state index is 5.89. The third-order valence-corrected chi connectivity index (χ3v) is 11.9. The van der Waals surface area contributed by atoms with E-state index in [4.69, 9.17) is 8.83 Å². The number of hydrogen-bond donors (Lipinski definition) is 0. The van der Waals surface area contributed by atoms with Crippen molar-refractivity contribution in [2.75, 3.05) is 0 Å². The maximum Gasteiger partial charge on any atom is 0.135 e. The van der Waals surface area contributed by atoms with Crippen molar-refractivity contribution in [2.45, 2.75) is 79.1 Å². The normalized spacial score (nSPS) is 11.0. The van der Waals surface area contributed by atoms with E-state index < -0.39 is 0 Å². The summed E-state index contributed by atoms with van der Waals surface area (Å²) < 4.78 is 11.5. The van der Waals surface area contributed by atoms with E-state index in [1.165, 1.54) is 61.0 Å². The Morgan fingerprint density at radius 2 is 0.682 bits per heavy atom. The van der Waals surface area contributed by atoms with Crippen LogP contribution in [0.2, 0.25) is 0 Å². The van der Waals surface area contributed by atoms with Gasteiger partial charge in [0, 0.05) is 21.9 Å². The molecule has 0 saturated carbocycles. The van der Waals surface area contributed by atoms with Gasteiger partial charge in [-0.15, -0.1) is 0 Å². The van der Waals surface area contributed by atoms with Crippen LogP contribution in [0, 0.1) is 0 Å². The van der Waals surface area contributed by atoms with Gasteiger partial charge in [-0.2, -0.15) is 0 Å². The lowest BCUT2D eigenvalue weighted by molar-refractivity contribution is 0.617. The Bertz CT molecular complexity index is 2910. The van der Waals surface area contributed by atoms with Crippen LogP contribution in [0.4, 0.5) is 0 Å². The van der Waals surface area contributed by atoms with Crippen molar-refractivity contribution in [3.63, 3.8) is 0 Å². The fourth-order valence-electron chi connectivity index (χ4n) is 7.86. The van der Waals surface area contributed by atoms with Crippen molar-refractivity contribution in [3.8, 4) is 44.7 Å². The minimum atomic E-state index is 0.536. The first kappa shape index (κ1) is 46.8. The van der Waals surface area contributed by atoms with E-state index in [0.29, 0.717) is 23.7 Å². The van der Waals surface area contributed by atoms with E-state index in [9.17, 15) is 0 Å². The molecule has 10 aromatic rings. The zero-order valence-electron chi connectivity index (χ0n) is 39.9. The van der Waals surface area contributed by atoms with Gasteiger partial charge >= 0.3 is 0 Å². The summed E-state index contributed by atoms with van der Waals surface area (Å²) in [6.45, 7) is 17.7. The number of benzene rings is 8. The first-order chi connectivity index (χ1) is 32.0. The average Bonchev–Trinajstić information content (AvgIpc) is 4.01. The SMILES string of the molecule is CC(C)c1cccc(-c2cc3ccccc3o2)c1.CC(C)c1cccc(-c2ccccc2)c1.CC(C)c1cccc(-c2ccccc2)c1.CC(C)c1cccc(-c2coc3ccccc23)c1. The molecule has 0 aliphatic rings. The van der Waals surface area contributed by atoms with Gasteiger partial charge in [0.1, 0.15) is 16.9 Å². The molecule has 0 aliphatic heterocycles. The largest absolute Gasteiger partial charge is 0.464 e. The Morgan fingerprint density at radius 3 is 1.17 bits per heavy atom. The highest BCUT2D eigenvalue weighted by molar-refractivity contribution is 5.94. The predicted molar refractivity (Wildman–Crippen MR) is 283 cm³/mol. The van der Waals surface area contributed by atoms with Crippen molar-refractivity contribution in [3.05, 3.63) is 241 Å². The average molecular weight is 865 g/mol. The van der Waals surface area contributed by atoms with E-state index in [0.717, 1.165) is 27.9 Å². The highest BCUT2D eigenvalue weighted by Crippen LogP contribution is 2.33. The Labute approximate surface area is 393 Å². The molecule has 0 N–H and O–H groups in total. The maximum absolute atomic E-state index is 5.89. The Kier molecular flexibility index (Phi) is 16.1. The predicted octanol–water partition coefficient (Wildman–Crippen LogP) is 19.4. The summed E-state index contributed by atoms with van der Waals surface area (Å²) in [7, 11) is 0. The van der Waals surface area contributed by atoms with Crippen molar-refractivity contribution in [2.24, 2.45) is 0 Å². The molecule has 2 nitrogen and oxygen atoms in total. The van der Waals surface area contributed by atoms with Crippen LogP contribution in [-0.4, -0.2) is 0 Å². The van der Waals surface area contributed by atoms with Gasteiger partial charge in [0.05, 0.1) is 6.26 Å². The third kappa shape index (κ3) is 12.3. The van der Waals surface area contributed by atoms with E-state index in [2.05, 4.69) is 231 Å². The molecule has 10 rings (SSSR count). The van der Waals surface area contributed by atoms with Crippen LogP contribution < -0.4 is 0 Å². The highest BCUT2D eigenvalue weighted by Gasteiger charge is 2.10. The molecule has 0 amide bonds. The van der Waals surface area contributed by atoms with Crippen molar-refractivity contribution >= 4 is 21.9 Å². The third-order valence-electron chi connectivity index (χ3n) is 11.9. The summed E-state index contributed by atoms with van der Waals surface area (Å²) in [6.07, 6.45) is 1.85. The molecule has 332 valence electrons. The molecular formula is C64H64O2. The van der Waals surface area contributed by atoms with E-state index >= 15 is 0 Å². The molecule has 0 fully saturated rings. The minimum absolute atomic E-state index is 0.536. The number of furan rings is 2. The second-order valence-corrected chi connectivity index (χ2v) is 18.1. The quantitative estimate of drug-likeness (QED) is 0.152. The van der Waals surface area contributed by atoms with Gasteiger partial charge in [-0.1, -0.05) is 243 Å².